The molecule has 2 aliphatic rings. The number of hydrogen-bond acceptors (Lipinski definition) is 2. The lowest BCUT2D eigenvalue weighted by molar-refractivity contribution is -0.135. The summed E-state index contributed by atoms with van der Waals surface area (Å²) in [6.07, 6.45) is 6.05. The van der Waals surface area contributed by atoms with Gasteiger partial charge in [0.05, 0.1) is 0 Å². The predicted octanol–water partition coefficient (Wildman–Crippen LogP) is 3.11. The van der Waals surface area contributed by atoms with Crippen molar-refractivity contribution in [3.63, 3.8) is 0 Å². The van der Waals surface area contributed by atoms with E-state index in [1.54, 1.807) is 0 Å². The van der Waals surface area contributed by atoms with Crippen molar-refractivity contribution in [3.05, 3.63) is 0 Å². The highest BCUT2D eigenvalue weighted by Crippen LogP contribution is 2.36. The summed E-state index contributed by atoms with van der Waals surface area (Å²) in [6.45, 7) is 10.0. The van der Waals surface area contributed by atoms with E-state index in [9.17, 15) is 4.79 Å². The Morgan fingerprint density at radius 2 is 1.88 bits per heavy atom. The van der Waals surface area contributed by atoms with Crippen LogP contribution in [-0.2, 0) is 4.79 Å². The fourth-order valence-corrected chi connectivity index (χ4v) is 3.33. The molecule has 0 spiro atoms. The molecule has 0 amide bonds. The first kappa shape index (κ1) is 13.1. The molecule has 0 aromatic heterocycles. The van der Waals surface area contributed by atoms with Gasteiger partial charge in [-0.1, -0.05) is 27.2 Å². The number of rotatable bonds is 2. The molecule has 0 aromatic rings. The molecule has 1 saturated heterocycles. The topological polar surface area (TPSA) is 20.3 Å². The molecule has 1 atom stereocenters. The summed E-state index contributed by atoms with van der Waals surface area (Å²) in [5.74, 6) is 1.71. The van der Waals surface area contributed by atoms with Gasteiger partial charge in [-0.25, -0.2) is 0 Å². The number of nitrogens with zero attached hydrogens (tertiary/aromatic N) is 1. The third-order valence-electron chi connectivity index (χ3n) is 4.75. The van der Waals surface area contributed by atoms with E-state index < -0.39 is 0 Å². The van der Waals surface area contributed by atoms with Gasteiger partial charge in [-0.2, -0.15) is 0 Å². The van der Waals surface area contributed by atoms with Gasteiger partial charge in [0.15, 0.2) is 0 Å². The van der Waals surface area contributed by atoms with Crippen molar-refractivity contribution in [2.45, 2.75) is 52.9 Å². The van der Waals surface area contributed by atoms with E-state index in [2.05, 4.69) is 25.7 Å². The normalized spacial score (nSPS) is 31.7. The van der Waals surface area contributed by atoms with Crippen LogP contribution in [-0.4, -0.2) is 30.3 Å². The van der Waals surface area contributed by atoms with Crippen molar-refractivity contribution in [1.29, 1.82) is 0 Å². The lowest BCUT2D eigenvalue weighted by atomic mass is 9.71. The van der Waals surface area contributed by atoms with E-state index in [-0.39, 0.29) is 5.41 Å². The van der Waals surface area contributed by atoms with Crippen LogP contribution in [0, 0.1) is 17.3 Å². The summed E-state index contributed by atoms with van der Waals surface area (Å²) in [6, 6.07) is 0. The first-order valence-corrected chi connectivity index (χ1v) is 7.26. The van der Waals surface area contributed by atoms with Crippen LogP contribution in [0.1, 0.15) is 52.9 Å². The molecule has 1 aliphatic heterocycles. The van der Waals surface area contributed by atoms with Gasteiger partial charge in [0, 0.05) is 17.9 Å². The van der Waals surface area contributed by atoms with Crippen LogP contribution in [0.25, 0.3) is 0 Å². The maximum Gasteiger partial charge on any atom is 0.142 e. The molecule has 0 N–H and O–H groups in total. The molecule has 0 aromatic carbocycles. The summed E-state index contributed by atoms with van der Waals surface area (Å²) in [5.41, 5.74) is -0.0635. The third-order valence-corrected chi connectivity index (χ3v) is 4.75. The van der Waals surface area contributed by atoms with Crippen LogP contribution in [0.5, 0.6) is 0 Å². The molecule has 2 nitrogen and oxygen atoms in total. The number of likely N-dealkylation sites (tertiary alicyclic amines) is 1. The second-order valence-electron chi connectivity index (χ2n) is 6.82. The SMILES string of the molecule is CC1CCN(CC2CCCC(C)(C)C2=O)CC1. The monoisotopic (exact) mass is 237 g/mol. The maximum absolute atomic E-state index is 12.4. The average molecular weight is 237 g/mol. The first-order valence-electron chi connectivity index (χ1n) is 7.26. The summed E-state index contributed by atoms with van der Waals surface area (Å²) < 4.78 is 0. The van der Waals surface area contributed by atoms with Gasteiger partial charge in [0.2, 0.25) is 0 Å². The molecular formula is C15H27NO. The summed E-state index contributed by atoms with van der Waals surface area (Å²) >= 11 is 0. The summed E-state index contributed by atoms with van der Waals surface area (Å²) in [5, 5.41) is 0. The van der Waals surface area contributed by atoms with Gasteiger partial charge in [-0.05, 0) is 44.7 Å². The predicted molar refractivity (Wildman–Crippen MR) is 71.0 cm³/mol. The Morgan fingerprint density at radius 3 is 2.53 bits per heavy atom. The maximum atomic E-state index is 12.4. The molecule has 17 heavy (non-hydrogen) atoms. The Bertz CT molecular complexity index is 277. The van der Waals surface area contributed by atoms with Gasteiger partial charge >= 0.3 is 0 Å². The van der Waals surface area contributed by atoms with Gasteiger partial charge in [0.25, 0.3) is 0 Å². The van der Waals surface area contributed by atoms with Crippen molar-refractivity contribution in [2.75, 3.05) is 19.6 Å². The summed E-state index contributed by atoms with van der Waals surface area (Å²) in [4.78, 5) is 14.9. The lowest BCUT2D eigenvalue weighted by Gasteiger charge is -2.38. The van der Waals surface area contributed by atoms with Gasteiger partial charge < -0.3 is 4.90 Å². The molecule has 1 saturated carbocycles. The third kappa shape index (κ3) is 3.09. The van der Waals surface area contributed by atoms with E-state index in [0.717, 1.165) is 25.3 Å². The minimum absolute atomic E-state index is 0.0635. The minimum Gasteiger partial charge on any atom is -0.303 e. The van der Waals surface area contributed by atoms with Crippen LogP contribution in [0.4, 0.5) is 0 Å². The van der Waals surface area contributed by atoms with Crippen molar-refractivity contribution in [2.24, 2.45) is 17.3 Å². The molecule has 2 fully saturated rings. The van der Waals surface area contributed by atoms with Gasteiger partial charge in [0.1, 0.15) is 5.78 Å². The fraction of sp³-hybridized carbons (Fsp3) is 0.933. The zero-order chi connectivity index (χ0) is 12.5. The number of ketones is 1. The van der Waals surface area contributed by atoms with Crippen LogP contribution < -0.4 is 0 Å². The second-order valence-corrected chi connectivity index (χ2v) is 6.82. The number of hydrogen-bond donors (Lipinski definition) is 0. The number of Topliss-reactive ketones (excluding diaryl/α,β-unsaturated/α-hetero) is 1. The first-order chi connectivity index (χ1) is 7.99. The number of piperidine rings is 1. The van der Waals surface area contributed by atoms with E-state index in [4.69, 9.17) is 0 Å². The van der Waals surface area contributed by atoms with Crippen molar-refractivity contribution in [3.8, 4) is 0 Å². The highest BCUT2D eigenvalue weighted by Gasteiger charge is 2.37. The number of carbonyl (C=O) groups is 1. The molecule has 1 unspecified atom stereocenters. The molecule has 2 rings (SSSR count). The van der Waals surface area contributed by atoms with Crippen LogP contribution in [0.2, 0.25) is 0 Å². The van der Waals surface area contributed by atoms with Crippen molar-refractivity contribution < 1.29 is 4.79 Å². The van der Waals surface area contributed by atoms with Crippen LogP contribution in [0.3, 0.4) is 0 Å². The van der Waals surface area contributed by atoms with Crippen LogP contribution in [0.15, 0.2) is 0 Å². The quantitative estimate of drug-likeness (QED) is 0.735. The van der Waals surface area contributed by atoms with Gasteiger partial charge in [-0.15, -0.1) is 0 Å². The average Bonchev–Trinajstić information content (AvgIpc) is 2.28. The Labute approximate surface area is 106 Å². The highest BCUT2D eigenvalue weighted by molar-refractivity contribution is 5.87. The van der Waals surface area contributed by atoms with E-state index >= 15 is 0 Å². The molecule has 0 bridgehead atoms. The smallest absolute Gasteiger partial charge is 0.142 e. The fourth-order valence-electron chi connectivity index (χ4n) is 3.33. The Balaban J connectivity index is 1.88. The molecule has 1 aliphatic carbocycles. The highest BCUT2D eigenvalue weighted by atomic mass is 16.1. The largest absolute Gasteiger partial charge is 0.303 e. The minimum atomic E-state index is -0.0635. The van der Waals surface area contributed by atoms with Gasteiger partial charge in [-0.3, -0.25) is 4.79 Å². The van der Waals surface area contributed by atoms with E-state index in [1.165, 1.54) is 32.4 Å². The summed E-state index contributed by atoms with van der Waals surface area (Å²) in [7, 11) is 0. The zero-order valence-electron chi connectivity index (χ0n) is 11.7. The molecular weight excluding hydrogens is 210 g/mol. The lowest BCUT2D eigenvalue weighted by Crippen LogP contribution is -2.43. The van der Waals surface area contributed by atoms with Crippen LogP contribution >= 0.6 is 0 Å². The zero-order valence-corrected chi connectivity index (χ0v) is 11.7. The Kier molecular flexibility index (Phi) is 3.92. The second kappa shape index (κ2) is 5.09. The molecule has 98 valence electrons. The molecule has 1 heterocycles. The molecule has 0 radical (unpaired) electrons. The van der Waals surface area contributed by atoms with E-state index in [0.29, 0.717) is 11.7 Å². The van der Waals surface area contributed by atoms with Crippen molar-refractivity contribution in [1.82, 2.24) is 4.90 Å². The van der Waals surface area contributed by atoms with E-state index in [1.807, 2.05) is 0 Å². The Hall–Kier alpha value is -0.370. The standard InChI is InChI=1S/C15H27NO/c1-12-6-9-16(10-7-12)11-13-5-4-8-15(2,3)14(13)17/h12-13H,4-11H2,1-3H3. The molecule has 2 heteroatoms. The van der Waals surface area contributed by atoms with Crippen molar-refractivity contribution >= 4 is 5.78 Å². The Morgan fingerprint density at radius 1 is 1.24 bits per heavy atom. The number of carbonyl (C=O) groups excluding carboxylic acids is 1.